The molecule has 2 N–H and O–H groups in total. The summed E-state index contributed by atoms with van der Waals surface area (Å²) in [6, 6.07) is 8.08. The second kappa shape index (κ2) is 15.9. The van der Waals surface area contributed by atoms with Crippen LogP contribution < -0.4 is 5.32 Å². The lowest BCUT2D eigenvalue weighted by atomic mass is 10.0. The van der Waals surface area contributed by atoms with E-state index >= 15 is 0 Å². The summed E-state index contributed by atoms with van der Waals surface area (Å²) in [6.07, 6.45) is 15.8. The Labute approximate surface area is 160 Å². The lowest BCUT2D eigenvalue weighted by Gasteiger charge is -2.07. The fourth-order valence-corrected chi connectivity index (χ4v) is 3.18. The van der Waals surface area contributed by atoms with Crippen LogP contribution in [0.25, 0.3) is 0 Å². The van der Waals surface area contributed by atoms with Gasteiger partial charge in [0.05, 0.1) is 0 Å². The number of aliphatic hydroxyl groups is 1. The molecule has 1 aromatic carbocycles. The van der Waals surface area contributed by atoms with Crippen LogP contribution in [0.2, 0.25) is 0 Å². The SMILES string of the molecule is CCCCCCCCCCc1ccc(C(=O)NCCCCCCO)cc1. The van der Waals surface area contributed by atoms with Gasteiger partial charge in [-0.05, 0) is 43.4 Å². The minimum Gasteiger partial charge on any atom is -0.396 e. The van der Waals surface area contributed by atoms with E-state index in [9.17, 15) is 4.79 Å². The molecule has 0 heterocycles. The number of benzene rings is 1. The number of rotatable bonds is 16. The molecule has 0 aliphatic heterocycles. The molecule has 0 bridgehead atoms. The molecule has 1 amide bonds. The molecule has 0 aromatic heterocycles. The number of carbonyl (C=O) groups is 1. The molecule has 0 aliphatic rings. The van der Waals surface area contributed by atoms with E-state index in [4.69, 9.17) is 5.11 Å². The number of unbranched alkanes of at least 4 members (excludes halogenated alkanes) is 10. The summed E-state index contributed by atoms with van der Waals surface area (Å²) in [6.45, 7) is 3.23. The van der Waals surface area contributed by atoms with Crippen LogP contribution in [-0.4, -0.2) is 24.2 Å². The van der Waals surface area contributed by atoms with Gasteiger partial charge in [-0.1, -0.05) is 76.8 Å². The van der Waals surface area contributed by atoms with Crippen LogP contribution in [-0.2, 0) is 6.42 Å². The van der Waals surface area contributed by atoms with Crippen molar-refractivity contribution in [3.8, 4) is 0 Å². The van der Waals surface area contributed by atoms with Gasteiger partial charge in [0, 0.05) is 18.7 Å². The molecular weight excluding hydrogens is 322 g/mol. The number of carbonyl (C=O) groups excluding carboxylic acids is 1. The van der Waals surface area contributed by atoms with Crippen molar-refractivity contribution in [2.24, 2.45) is 0 Å². The maximum atomic E-state index is 12.1. The third-order valence-electron chi connectivity index (χ3n) is 4.91. The predicted octanol–water partition coefficient (Wildman–Crippen LogP) is 5.65. The van der Waals surface area contributed by atoms with Crippen molar-refractivity contribution in [2.45, 2.75) is 90.4 Å². The number of hydrogen-bond donors (Lipinski definition) is 2. The summed E-state index contributed by atoms with van der Waals surface area (Å²) in [5.74, 6) is 0.0192. The van der Waals surface area contributed by atoms with Crippen molar-refractivity contribution in [3.05, 3.63) is 35.4 Å². The van der Waals surface area contributed by atoms with Crippen LogP contribution in [0.15, 0.2) is 24.3 Å². The predicted molar refractivity (Wildman–Crippen MR) is 111 cm³/mol. The summed E-state index contributed by atoms with van der Waals surface area (Å²) < 4.78 is 0. The monoisotopic (exact) mass is 361 g/mol. The third-order valence-corrected chi connectivity index (χ3v) is 4.91. The fraction of sp³-hybridized carbons (Fsp3) is 0.696. The Kier molecular flexibility index (Phi) is 13.8. The number of nitrogens with one attached hydrogen (secondary N) is 1. The lowest BCUT2D eigenvalue weighted by molar-refractivity contribution is 0.0953. The summed E-state index contributed by atoms with van der Waals surface area (Å²) in [7, 11) is 0. The van der Waals surface area contributed by atoms with Crippen molar-refractivity contribution in [1.82, 2.24) is 5.32 Å². The number of amides is 1. The van der Waals surface area contributed by atoms with E-state index in [1.54, 1.807) is 0 Å². The molecule has 0 fully saturated rings. The van der Waals surface area contributed by atoms with Crippen LogP contribution in [0.1, 0.15) is 99.9 Å². The van der Waals surface area contributed by atoms with Crippen LogP contribution in [0.4, 0.5) is 0 Å². The lowest BCUT2D eigenvalue weighted by Crippen LogP contribution is -2.24. The minimum absolute atomic E-state index is 0.0192. The smallest absolute Gasteiger partial charge is 0.251 e. The normalized spacial score (nSPS) is 10.8. The topological polar surface area (TPSA) is 49.3 Å². The highest BCUT2D eigenvalue weighted by Crippen LogP contribution is 2.12. The van der Waals surface area contributed by atoms with Gasteiger partial charge < -0.3 is 10.4 Å². The zero-order chi connectivity index (χ0) is 18.9. The van der Waals surface area contributed by atoms with Gasteiger partial charge in [0.25, 0.3) is 5.91 Å². The van der Waals surface area contributed by atoms with Gasteiger partial charge in [-0.3, -0.25) is 4.79 Å². The quantitative estimate of drug-likeness (QED) is 0.374. The first-order chi connectivity index (χ1) is 12.8. The van der Waals surface area contributed by atoms with Crippen molar-refractivity contribution in [3.63, 3.8) is 0 Å². The minimum atomic E-state index is 0.0192. The molecule has 0 spiro atoms. The van der Waals surface area contributed by atoms with Gasteiger partial charge >= 0.3 is 0 Å². The van der Waals surface area contributed by atoms with Crippen molar-refractivity contribution >= 4 is 5.91 Å². The Morgan fingerprint density at radius 2 is 1.38 bits per heavy atom. The zero-order valence-electron chi connectivity index (χ0n) is 16.8. The molecule has 0 saturated carbocycles. The van der Waals surface area contributed by atoms with E-state index in [-0.39, 0.29) is 12.5 Å². The Morgan fingerprint density at radius 3 is 2.04 bits per heavy atom. The van der Waals surface area contributed by atoms with E-state index in [1.807, 2.05) is 12.1 Å². The van der Waals surface area contributed by atoms with Crippen molar-refractivity contribution < 1.29 is 9.90 Å². The number of aliphatic hydroxyl groups excluding tert-OH is 1. The standard InChI is InChI=1S/C23H39NO2/c1-2-3-4-5-6-7-8-11-14-21-15-17-22(18-16-21)23(26)24-19-12-9-10-13-20-25/h15-18,25H,2-14,19-20H2,1H3,(H,24,26). The molecule has 0 saturated heterocycles. The van der Waals surface area contributed by atoms with Crippen LogP contribution >= 0.6 is 0 Å². The first kappa shape index (κ1) is 22.7. The van der Waals surface area contributed by atoms with Gasteiger partial charge in [-0.15, -0.1) is 0 Å². The summed E-state index contributed by atoms with van der Waals surface area (Å²) in [4.78, 5) is 12.1. The molecule has 26 heavy (non-hydrogen) atoms. The molecule has 1 rings (SSSR count). The molecule has 3 nitrogen and oxygen atoms in total. The van der Waals surface area contributed by atoms with Crippen molar-refractivity contribution in [2.75, 3.05) is 13.2 Å². The number of hydrogen-bond acceptors (Lipinski definition) is 2. The summed E-state index contributed by atoms with van der Waals surface area (Å²) in [5.41, 5.74) is 2.08. The third kappa shape index (κ3) is 11.3. The summed E-state index contributed by atoms with van der Waals surface area (Å²) >= 11 is 0. The molecule has 0 atom stereocenters. The highest BCUT2D eigenvalue weighted by Gasteiger charge is 2.04. The molecule has 0 unspecified atom stereocenters. The van der Waals surface area contributed by atoms with E-state index in [1.165, 1.54) is 56.9 Å². The Hall–Kier alpha value is -1.35. The zero-order valence-corrected chi connectivity index (χ0v) is 16.8. The Balaban J connectivity index is 2.11. The van der Waals surface area contributed by atoms with Gasteiger partial charge in [-0.25, -0.2) is 0 Å². The average Bonchev–Trinajstić information content (AvgIpc) is 2.67. The van der Waals surface area contributed by atoms with E-state index < -0.39 is 0 Å². The van der Waals surface area contributed by atoms with Crippen LogP contribution in [0.5, 0.6) is 0 Å². The fourth-order valence-electron chi connectivity index (χ4n) is 3.18. The van der Waals surface area contributed by atoms with E-state index in [2.05, 4.69) is 24.4 Å². The second-order valence-corrected chi connectivity index (χ2v) is 7.32. The van der Waals surface area contributed by atoms with Crippen LogP contribution in [0, 0.1) is 0 Å². The molecule has 0 radical (unpaired) electrons. The van der Waals surface area contributed by atoms with Crippen LogP contribution in [0.3, 0.4) is 0 Å². The largest absolute Gasteiger partial charge is 0.396 e. The Bertz CT molecular complexity index is 456. The van der Waals surface area contributed by atoms with Gasteiger partial charge in [-0.2, -0.15) is 0 Å². The molecule has 0 aliphatic carbocycles. The van der Waals surface area contributed by atoms with Gasteiger partial charge in [0.2, 0.25) is 0 Å². The average molecular weight is 362 g/mol. The first-order valence-electron chi connectivity index (χ1n) is 10.8. The van der Waals surface area contributed by atoms with Gasteiger partial charge in [0.15, 0.2) is 0 Å². The maximum Gasteiger partial charge on any atom is 0.251 e. The van der Waals surface area contributed by atoms with Gasteiger partial charge in [0.1, 0.15) is 0 Å². The highest BCUT2D eigenvalue weighted by molar-refractivity contribution is 5.94. The second-order valence-electron chi connectivity index (χ2n) is 7.32. The maximum absolute atomic E-state index is 12.1. The number of aryl methyl sites for hydroxylation is 1. The van der Waals surface area contributed by atoms with Crippen molar-refractivity contribution in [1.29, 1.82) is 0 Å². The van der Waals surface area contributed by atoms with E-state index in [0.29, 0.717) is 6.54 Å². The summed E-state index contributed by atoms with van der Waals surface area (Å²) in [5, 5.41) is 11.7. The first-order valence-corrected chi connectivity index (χ1v) is 10.8. The molecule has 1 aromatic rings. The van der Waals surface area contributed by atoms with E-state index in [0.717, 1.165) is 37.7 Å². The molecule has 3 heteroatoms. The Morgan fingerprint density at radius 1 is 0.808 bits per heavy atom. The molecule has 148 valence electrons. The molecular formula is C23H39NO2. The highest BCUT2D eigenvalue weighted by atomic mass is 16.2.